The van der Waals surface area contributed by atoms with Crippen LogP contribution in [0.15, 0.2) is 18.3 Å². The van der Waals surface area contributed by atoms with Crippen molar-refractivity contribution in [2.45, 2.75) is 32.8 Å². The van der Waals surface area contributed by atoms with Gasteiger partial charge in [-0.2, -0.15) is 0 Å². The number of amides is 1. The van der Waals surface area contributed by atoms with Crippen molar-refractivity contribution in [1.82, 2.24) is 19.5 Å². The maximum Gasteiger partial charge on any atom is 0.267 e. The molecule has 0 unspecified atom stereocenters. The summed E-state index contributed by atoms with van der Waals surface area (Å²) in [4.78, 5) is 19.1. The lowest BCUT2D eigenvalue weighted by Gasteiger charge is -2.31. The van der Waals surface area contributed by atoms with Crippen LogP contribution in [-0.4, -0.2) is 44.6 Å². The van der Waals surface area contributed by atoms with Crippen molar-refractivity contribution >= 4 is 17.4 Å². The van der Waals surface area contributed by atoms with Crippen LogP contribution in [0, 0.1) is 13.8 Å². The third-order valence-electron chi connectivity index (χ3n) is 3.76. The van der Waals surface area contributed by atoms with Gasteiger partial charge in [0.05, 0.1) is 11.9 Å². The lowest BCUT2D eigenvalue weighted by atomic mass is 10.1. The molecule has 0 aliphatic carbocycles. The maximum atomic E-state index is 12.4. The average Bonchev–Trinajstić information content (AvgIpc) is 2.96. The highest BCUT2D eigenvalue weighted by atomic mass is 32.1. The predicted octanol–water partition coefficient (Wildman–Crippen LogP) is 2.23. The molecule has 3 rings (SSSR count). The van der Waals surface area contributed by atoms with Gasteiger partial charge in [-0.3, -0.25) is 9.78 Å². The third kappa shape index (κ3) is 3.24. The molecule has 116 valence electrons. The summed E-state index contributed by atoms with van der Waals surface area (Å²) in [5, 5.41) is 3.90. The minimum atomic E-state index is 0.0305. The van der Waals surface area contributed by atoms with Crippen molar-refractivity contribution in [1.29, 1.82) is 0 Å². The van der Waals surface area contributed by atoms with E-state index in [1.807, 2.05) is 30.9 Å². The molecule has 0 saturated carbocycles. The molecule has 0 spiro atoms. The number of likely N-dealkylation sites (tertiary alicyclic amines) is 1. The van der Waals surface area contributed by atoms with Gasteiger partial charge in [-0.05, 0) is 37.5 Å². The van der Waals surface area contributed by atoms with Gasteiger partial charge in [0.15, 0.2) is 0 Å². The molecule has 3 heterocycles. The number of piperidine rings is 1. The molecule has 22 heavy (non-hydrogen) atoms. The number of nitrogens with zero attached hydrogens (tertiary/aromatic N) is 4. The summed E-state index contributed by atoms with van der Waals surface area (Å²) in [6.45, 7) is 5.15. The number of ether oxygens (including phenoxy) is 1. The van der Waals surface area contributed by atoms with Gasteiger partial charge in [0, 0.05) is 31.6 Å². The van der Waals surface area contributed by atoms with Gasteiger partial charge in [0.1, 0.15) is 16.7 Å². The average molecular weight is 318 g/mol. The van der Waals surface area contributed by atoms with Crippen LogP contribution >= 0.6 is 11.5 Å². The highest BCUT2D eigenvalue weighted by molar-refractivity contribution is 7.07. The molecule has 6 nitrogen and oxygen atoms in total. The van der Waals surface area contributed by atoms with Gasteiger partial charge in [-0.1, -0.05) is 4.49 Å². The second-order valence-electron chi connectivity index (χ2n) is 5.43. The van der Waals surface area contributed by atoms with Crippen molar-refractivity contribution in [2.24, 2.45) is 0 Å². The molecule has 0 bridgehead atoms. The smallest absolute Gasteiger partial charge is 0.267 e. The van der Waals surface area contributed by atoms with Crippen molar-refractivity contribution in [3.05, 3.63) is 34.6 Å². The number of carbonyl (C=O) groups is 1. The fourth-order valence-electron chi connectivity index (χ4n) is 2.46. The molecule has 1 aliphatic rings. The molecule has 0 radical (unpaired) electrons. The molecule has 1 saturated heterocycles. The monoisotopic (exact) mass is 318 g/mol. The Morgan fingerprint density at radius 2 is 2.09 bits per heavy atom. The standard InChI is InChI=1S/C15H18N4O2S/c1-10-3-4-13(9-16-10)21-12-5-7-19(8-6-12)15(20)14-11(2)17-18-22-14/h3-4,9,12H,5-8H2,1-2H3. The Bertz CT molecular complexity index is 648. The summed E-state index contributed by atoms with van der Waals surface area (Å²) < 4.78 is 9.76. The Balaban J connectivity index is 1.55. The van der Waals surface area contributed by atoms with Gasteiger partial charge in [-0.15, -0.1) is 5.10 Å². The Morgan fingerprint density at radius 1 is 1.32 bits per heavy atom. The molecule has 2 aromatic heterocycles. The van der Waals surface area contributed by atoms with Crippen molar-refractivity contribution < 1.29 is 9.53 Å². The Labute approximate surface area is 133 Å². The number of aromatic nitrogens is 3. The van der Waals surface area contributed by atoms with Crippen LogP contribution in [0.5, 0.6) is 5.75 Å². The SMILES string of the molecule is Cc1ccc(OC2CCN(C(=O)c3snnc3C)CC2)cn1. The van der Waals surface area contributed by atoms with E-state index in [1.165, 1.54) is 0 Å². The number of hydrogen-bond acceptors (Lipinski definition) is 6. The highest BCUT2D eigenvalue weighted by Crippen LogP contribution is 2.21. The van der Waals surface area contributed by atoms with Crippen LogP contribution in [0.2, 0.25) is 0 Å². The number of rotatable bonds is 3. The van der Waals surface area contributed by atoms with Crippen LogP contribution < -0.4 is 4.74 Å². The second-order valence-corrected chi connectivity index (χ2v) is 6.19. The van der Waals surface area contributed by atoms with Gasteiger partial charge < -0.3 is 9.64 Å². The highest BCUT2D eigenvalue weighted by Gasteiger charge is 2.26. The zero-order valence-corrected chi connectivity index (χ0v) is 13.5. The zero-order chi connectivity index (χ0) is 15.5. The molecule has 7 heteroatoms. The van der Waals surface area contributed by atoms with Gasteiger partial charge in [0.25, 0.3) is 5.91 Å². The first-order valence-electron chi connectivity index (χ1n) is 7.31. The minimum Gasteiger partial charge on any atom is -0.489 e. The van der Waals surface area contributed by atoms with E-state index in [-0.39, 0.29) is 12.0 Å². The van der Waals surface area contributed by atoms with Crippen LogP contribution in [-0.2, 0) is 0 Å². The van der Waals surface area contributed by atoms with Gasteiger partial charge >= 0.3 is 0 Å². The van der Waals surface area contributed by atoms with Crippen LogP contribution in [0.3, 0.4) is 0 Å². The number of pyridine rings is 1. The molecule has 0 aromatic carbocycles. The van der Waals surface area contributed by atoms with Crippen LogP contribution in [0.25, 0.3) is 0 Å². The van der Waals surface area contributed by atoms with Crippen molar-refractivity contribution in [2.75, 3.05) is 13.1 Å². The molecule has 1 aliphatic heterocycles. The number of carbonyl (C=O) groups excluding carboxylic acids is 1. The summed E-state index contributed by atoms with van der Waals surface area (Å²) >= 11 is 1.16. The fraction of sp³-hybridized carbons (Fsp3) is 0.467. The van der Waals surface area contributed by atoms with E-state index in [4.69, 9.17) is 4.74 Å². The Hall–Kier alpha value is -2.02. The van der Waals surface area contributed by atoms with Crippen LogP contribution in [0.4, 0.5) is 0 Å². The summed E-state index contributed by atoms with van der Waals surface area (Å²) in [6, 6.07) is 3.87. The second kappa shape index (κ2) is 6.39. The molecule has 2 aromatic rings. The molecule has 1 fully saturated rings. The van der Waals surface area contributed by atoms with E-state index in [0.717, 1.165) is 35.8 Å². The fourth-order valence-corrected chi connectivity index (χ4v) is 3.09. The molecule has 0 N–H and O–H groups in total. The lowest BCUT2D eigenvalue weighted by Crippen LogP contribution is -2.41. The summed E-state index contributed by atoms with van der Waals surface area (Å²) in [5.74, 6) is 0.820. The Kier molecular flexibility index (Phi) is 4.33. The van der Waals surface area contributed by atoms with Gasteiger partial charge in [0.2, 0.25) is 0 Å². The normalized spacial score (nSPS) is 15.8. The molecule has 1 amide bonds. The van der Waals surface area contributed by atoms with E-state index in [1.54, 1.807) is 6.20 Å². The predicted molar refractivity (Wildman–Crippen MR) is 83.2 cm³/mol. The third-order valence-corrected chi connectivity index (χ3v) is 4.58. The quantitative estimate of drug-likeness (QED) is 0.868. The number of aryl methyl sites for hydroxylation is 2. The van der Waals surface area contributed by atoms with Crippen molar-refractivity contribution in [3.8, 4) is 5.75 Å². The summed E-state index contributed by atoms with van der Waals surface area (Å²) in [6.07, 6.45) is 3.53. The van der Waals surface area contributed by atoms with E-state index < -0.39 is 0 Å². The topological polar surface area (TPSA) is 68.2 Å². The summed E-state index contributed by atoms with van der Waals surface area (Å²) in [5.41, 5.74) is 1.68. The minimum absolute atomic E-state index is 0.0305. The lowest BCUT2D eigenvalue weighted by molar-refractivity contribution is 0.0598. The van der Waals surface area contributed by atoms with Crippen molar-refractivity contribution in [3.63, 3.8) is 0 Å². The molecular formula is C15H18N4O2S. The largest absolute Gasteiger partial charge is 0.489 e. The van der Waals surface area contributed by atoms with Crippen LogP contribution in [0.1, 0.15) is 33.9 Å². The first kappa shape index (κ1) is 14.9. The molecule has 0 atom stereocenters. The zero-order valence-electron chi connectivity index (χ0n) is 12.7. The van der Waals surface area contributed by atoms with E-state index in [9.17, 15) is 4.79 Å². The Morgan fingerprint density at radius 3 is 2.68 bits per heavy atom. The summed E-state index contributed by atoms with van der Waals surface area (Å²) in [7, 11) is 0. The molecular weight excluding hydrogens is 300 g/mol. The first-order chi connectivity index (χ1) is 10.6. The van der Waals surface area contributed by atoms with E-state index in [0.29, 0.717) is 23.7 Å². The maximum absolute atomic E-state index is 12.4. The van der Waals surface area contributed by atoms with E-state index >= 15 is 0 Å². The first-order valence-corrected chi connectivity index (χ1v) is 8.08. The number of hydrogen-bond donors (Lipinski definition) is 0. The van der Waals surface area contributed by atoms with Gasteiger partial charge in [-0.25, -0.2) is 0 Å². The van der Waals surface area contributed by atoms with E-state index in [2.05, 4.69) is 14.6 Å².